The first-order valence-corrected chi connectivity index (χ1v) is 23.2. The molecule has 0 aliphatic rings. The summed E-state index contributed by atoms with van der Waals surface area (Å²) in [5.74, 6) is -1.49. The molecule has 0 amide bonds. The van der Waals surface area contributed by atoms with Crippen LogP contribution in [-0.2, 0) is 28.6 Å². The molecule has 1 N–H and O–H groups in total. The summed E-state index contributed by atoms with van der Waals surface area (Å²) < 4.78 is 17.3. The molecule has 8 heteroatoms. The third-order valence-electron chi connectivity index (χ3n) is 10.2. The van der Waals surface area contributed by atoms with Crippen LogP contribution in [0.2, 0.25) is 0 Å². The molecule has 0 bridgehead atoms. The molecule has 330 valence electrons. The largest absolute Gasteiger partial charge is 0.477 e. The van der Waals surface area contributed by atoms with Crippen LogP contribution in [0.1, 0.15) is 194 Å². The standard InChI is InChI=1S/C49H87NO7/c1-6-8-10-12-14-16-18-20-22-23-24-26-27-29-31-33-35-37-39-47(51)56-44-45(43-55-42-41-46(49(53)54)50(3,4)5)57-48(52)40-38-36-34-32-30-28-25-21-19-17-15-13-11-9-7-2/h9,11,15,17,21-23,25,45-46H,6-8,10,12-14,16,18-20,24,26-44H2,1-5H3/p+1/b11-9-,17-15-,23-22-,25-21-. The van der Waals surface area contributed by atoms with E-state index in [2.05, 4.69) is 62.5 Å². The highest BCUT2D eigenvalue weighted by Crippen LogP contribution is 2.14. The quantitative estimate of drug-likeness (QED) is 0.0284. The zero-order chi connectivity index (χ0) is 42.1. The number of hydrogen-bond donors (Lipinski definition) is 1. The molecule has 0 rings (SSSR count). The maximum absolute atomic E-state index is 12.7. The van der Waals surface area contributed by atoms with E-state index in [9.17, 15) is 19.5 Å². The van der Waals surface area contributed by atoms with Gasteiger partial charge in [0.2, 0.25) is 0 Å². The lowest BCUT2D eigenvalue weighted by Gasteiger charge is -2.31. The number of quaternary nitrogens is 1. The van der Waals surface area contributed by atoms with Crippen LogP contribution in [0.3, 0.4) is 0 Å². The van der Waals surface area contributed by atoms with Gasteiger partial charge in [-0.3, -0.25) is 9.59 Å². The number of rotatable bonds is 41. The molecule has 2 atom stereocenters. The number of esters is 2. The van der Waals surface area contributed by atoms with Gasteiger partial charge in [-0.1, -0.05) is 152 Å². The summed E-state index contributed by atoms with van der Waals surface area (Å²) in [7, 11) is 5.52. The molecule has 0 saturated carbocycles. The molecule has 0 aliphatic carbocycles. The minimum Gasteiger partial charge on any atom is -0.477 e. The fourth-order valence-electron chi connectivity index (χ4n) is 6.63. The minimum absolute atomic E-state index is 0.0523. The highest BCUT2D eigenvalue weighted by atomic mass is 16.6. The molecule has 2 unspecified atom stereocenters. The number of unbranched alkanes of at least 4 members (excludes halogenated alkanes) is 19. The molecule has 0 aliphatic heterocycles. The number of allylic oxidation sites excluding steroid dienone is 8. The molecule has 0 spiro atoms. The van der Waals surface area contributed by atoms with E-state index in [1.165, 1.54) is 83.5 Å². The summed E-state index contributed by atoms with van der Waals surface area (Å²) in [5, 5.41) is 9.63. The SMILES string of the molecule is CC/C=C\C/C=C\C/C=C\CCCCCCCC(=O)OC(COCCC(C(=O)O)[N+](C)(C)C)COC(=O)CCCCCCCCC/C=C\CCCCCCCCC. The predicted molar refractivity (Wildman–Crippen MR) is 238 cm³/mol. The van der Waals surface area contributed by atoms with Gasteiger partial charge in [-0.25, -0.2) is 4.79 Å². The smallest absolute Gasteiger partial charge is 0.362 e. The number of carbonyl (C=O) groups excluding carboxylic acids is 2. The number of carboxylic acids is 1. The molecule has 0 saturated heterocycles. The highest BCUT2D eigenvalue weighted by Gasteiger charge is 2.31. The van der Waals surface area contributed by atoms with Crippen LogP contribution in [0.25, 0.3) is 0 Å². The second-order valence-corrected chi connectivity index (χ2v) is 16.6. The van der Waals surface area contributed by atoms with Gasteiger partial charge < -0.3 is 23.8 Å². The molecule has 0 heterocycles. The molecule has 0 fully saturated rings. The zero-order valence-electron chi connectivity index (χ0n) is 37.5. The number of likely N-dealkylation sites (N-methyl/N-ethyl adjacent to an activating group) is 1. The fourth-order valence-corrected chi connectivity index (χ4v) is 6.63. The Morgan fingerprint density at radius 2 is 0.982 bits per heavy atom. The van der Waals surface area contributed by atoms with Crippen molar-refractivity contribution in [1.82, 2.24) is 0 Å². The predicted octanol–water partition coefficient (Wildman–Crippen LogP) is 12.8. The molecular weight excluding hydrogens is 715 g/mol. The van der Waals surface area contributed by atoms with Crippen LogP contribution >= 0.6 is 0 Å². The van der Waals surface area contributed by atoms with Gasteiger partial charge in [0, 0.05) is 19.3 Å². The van der Waals surface area contributed by atoms with Crippen LogP contribution < -0.4 is 0 Å². The summed E-state index contributed by atoms with van der Waals surface area (Å²) in [6, 6.07) is -0.619. The number of nitrogens with zero attached hydrogens (tertiary/aromatic N) is 1. The summed E-state index contributed by atoms with van der Waals surface area (Å²) in [6.45, 7) is 4.60. The normalized spacial score (nSPS) is 13.4. The van der Waals surface area contributed by atoms with Crippen molar-refractivity contribution in [2.75, 3.05) is 41.0 Å². The van der Waals surface area contributed by atoms with E-state index in [1.54, 1.807) is 0 Å². The van der Waals surface area contributed by atoms with Crippen LogP contribution in [0, 0.1) is 0 Å². The van der Waals surface area contributed by atoms with Crippen molar-refractivity contribution in [1.29, 1.82) is 0 Å². The Hall–Kier alpha value is -2.71. The molecule has 0 aromatic heterocycles. The fraction of sp³-hybridized carbons (Fsp3) is 0.776. The number of aliphatic carboxylic acids is 1. The Morgan fingerprint density at radius 1 is 0.544 bits per heavy atom. The second-order valence-electron chi connectivity index (χ2n) is 16.6. The Morgan fingerprint density at radius 3 is 1.47 bits per heavy atom. The van der Waals surface area contributed by atoms with Crippen molar-refractivity contribution in [3.05, 3.63) is 48.6 Å². The Balaban J connectivity index is 4.33. The molecule has 0 radical (unpaired) electrons. The topological polar surface area (TPSA) is 99.1 Å². The first-order valence-electron chi connectivity index (χ1n) is 23.2. The average molecular weight is 803 g/mol. The van der Waals surface area contributed by atoms with Crippen molar-refractivity contribution in [2.45, 2.75) is 206 Å². The van der Waals surface area contributed by atoms with Gasteiger partial charge in [-0.05, 0) is 70.6 Å². The van der Waals surface area contributed by atoms with Crippen LogP contribution in [0.5, 0.6) is 0 Å². The monoisotopic (exact) mass is 803 g/mol. The Bertz CT molecular complexity index is 1070. The van der Waals surface area contributed by atoms with E-state index in [-0.39, 0.29) is 36.2 Å². The third-order valence-corrected chi connectivity index (χ3v) is 10.2. The first kappa shape index (κ1) is 54.3. The Labute approximate surface area is 350 Å². The maximum atomic E-state index is 12.7. The van der Waals surface area contributed by atoms with Gasteiger partial charge in [0.15, 0.2) is 12.1 Å². The van der Waals surface area contributed by atoms with Crippen molar-refractivity contribution in [3.63, 3.8) is 0 Å². The molecule has 57 heavy (non-hydrogen) atoms. The molecule has 0 aromatic rings. The third kappa shape index (κ3) is 38.6. The number of hydrogen-bond acceptors (Lipinski definition) is 6. The van der Waals surface area contributed by atoms with E-state index < -0.39 is 18.1 Å². The maximum Gasteiger partial charge on any atom is 0.362 e. The number of carbonyl (C=O) groups is 3. The van der Waals surface area contributed by atoms with Crippen LogP contribution in [0.4, 0.5) is 0 Å². The van der Waals surface area contributed by atoms with Crippen LogP contribution in [-0.4, -0.2) is 80.6 Å². The Kier molecular flexibility index (Phi) is 38.2. The van der Waals surface area contributed by atoms with E-state index in [0.717, 1.165) is 77.0 Å². The van der Waals surface area contributed by atoms with Gasteiger partial charge in [-0.15, -0.1) is 0 Å². The average Bonchev–Trinajstić information content (AvgIpc) is 3.17. The van der Waals surface area contributed by atoms with Crippen molar-refractivity contribution in [2.24, 2.45) is 0 Å². The summed E-state index contributed by atoms with van der Waals surface area (Å²) in [4.78, 5) is 37.0. The molecular formula is C49H88NO7+. The van der Waals surface area contributed by atoms with Gasteiger partial charge >= 0.3 is 17.9 Å². The molecule has 8 nitrogen and oxygen atoms in total. The highest BCUT2D eigenvalue weighted by molar-refractivity contribution is 5.72. The van der Waals surface area contributed by atoms with E-state index in [1.807, 2.05) is 21.1 Å². The van der Waals surface area contributed by atoms with E-state index in [4.69, 9.17) is 14.2 Å². The number of ether oxygens (including phenoxy) is 3. The van der Waals surface area contributed by atoms with Crippen molar-refractivity contribution >= 4 is 17.9 Å². The lowest BCUT2D eigenvalue weighted by Crippen LogP contribution is -2.50. The first-order chi connectivity index (χ1) is 27.6. The van der Waals surface area contributed by atoms with Gasteiger partial charge in [-0.2, -0.15) is 0 Å². The van der Waals surface area contributed by atoms with Gasteiger partial charge in [0.1, 0.15) is 6.61 Å². The summed E-state index contributed by atoms with van der Waals surface area (Å²) >= 11 is 0. The lowest BCUT2D eigenvalue weighted by atomic mass is 10.1. The number of carboxylic acid groups (broad SMARTS) is 1. The van der Waals surface area contributed by atoms with E-state index >= 15 is 0 Å². The minimum atomic E-state index is -0.879. The zero-order valence-corrected chi connectivity index (χ0v) is 37.5. The van der Waals surface area contributed by atoms with Crippen LogP contribution in [0.15, 0.2) is 48.6 Å². The summed E-state index contributed by atoms with van der Waals surface area (Å²) in [5.41, 5.74) is 0. The lowest BCUT2D eigenvalue weighted by molar-refractivity contribution is -0.887. The summed E-state index contributed by atoms with van der Waals surface area (Å²) in [6.07, 6.45) is 47.2. The van der Waals surface area contributed by atoms with Gasteiger partial charge in [0.05, 0.1) is 34.4 Å². The van der Waals surface area contributed by atoms with E-state index in [0.29, 0.717) is 19.3 Å². The van der Waals surface area contributed by atoms with Gasteiger partial charge in [0.25, 0.3) is 0 Å². The molecule has 0 aromatic carbocycles. The second kappa shape index (κ2) is 40.1. The van der Waals surface area contributed by atoms with Crippen molar-refractivity contribution in [3.8, 4) is 0 Å². The van der Waals surface area contributed by atoms with Crippen molar-refractivity contribution < 1.29 is 38.2 Å².